The number of nitrogens with zero attached hydrogens (tertiary/aromatic N) is 3. The Labute approximate surface area is 237 Å². The second kappa shape index (κ2) is 9.81. The van der Waals surface area contributed by atoms with Gasteiger partial charge in [0, 0.05) is 23.4 Å². The van der Waals surface area contributed by atoms with Crippen molar-refractivity contribution in [1.82, 2.24) is 14.9 Å². The molecule has 2 aromatic heterocycles. The predicted octanol–water partition coefficient (Wildman–Crippen LogP) is 5.50. The molecule has 3 fully saturated rings. The quantitative estimate of drug-likeness (QED) is 0.349. The first-order valence-electron chi connectivity index (χ1n) is 13.8. The summed E-state index contributed by atoms with van der Waals surface area (Å²) < 4.78 is 27.1. The van der Waals surface area contributed by atoms with Crippen LogP contribution in [0.1, 0.15) is 94.2 Å². The van der Waals surface area contributed by atoms with Crippen molar-refractivity contribution in [2.24, 2.45) is 11.1 Å². The maximum Gasteiger partial charge on any atom is 0.413 e. The minimum absolute atomic E-state index is 0.0214. The van der Waals surface area contributed by atoms with Crippen LogP contribution in [0.4, 0.5) is 15.0 Å². The van der Waals surface area contributed by atoms with E-state index in [1.54, 1.807) is 45.0 Å². The normalized spacial score (nSPS) is 21.3. The fourth-order valence-corrected chi connectivity index (χ4v) is 6.31. The fraction of sp³-hybridized carbons (Fsp3) is 0.500. The second-order valence-corrected chi connectivity index (χ2v) is 13.1. The summed E-state index contributed by atoms with van der Waals surface area (Å²) in [4.78, 5) is 37.8. The maximum atomic E-state index is 15.0. The molecule has 0 saturated heterocycles. The van der Waals surface area contributed by atoms with E-state index in [0.717, 1.165) is 19.3 Å². The first-order chi connectivity index (χ1) is 19.1. The van der Waals surface area contributed by atoms with Crippen LogP contribution in [0.3, 0.4) is 0 Å². The Morgan fingerprint density at radius 2 is 1.78 bits per heavy atom. The Hall–Kier alpha value is -4.02. The zero-order valence-corrected chi connectivity index (χ0v) is 24.3. The minimum Gasteiger partial charge on any atom is -0.444 e. The number of carbonyl (C=O) groups excluding carboxylic acids is 3. The van der Waals surface area contributed by atoms with Crippen molar-refractivity contribution in [3.63, 3.8) is 0 Å². The molecular formula is C30H36FN5O5. The molecule has 0 unspecified atom stereocenters. The number of rotatable bonds is 9. The Kier molecular flexibility index (Phi) is 6.82. The highest BCUT2D eigenvalue weighted by molar-refractivity contribution is 6.06. The number of benzene rings is 1. The molecule has 2 bridgehead atoms. The third-order valence-corrected chi connectivity index (χ3v) is 7.75. The number of aromatic nitrogens is 3. The van der Waals surface area contributed by atoms with Crippen LogP contribution in [0, 0.1) is 11.2 Å². The largest absolute Gasteiger partial charge is 0.444 e. The fourth-order valence-electron chi connectivity index (χ4n) is 6.31. The number of anilines is 1. The van der Waals surface area contributed by atoms with Gasteiger partial charge >= 0.3 is 6.09 Å². The van der Waals surface area contributed by atoms with E-state index in [1.165, 1.54) is 4.68 Å². The number of nitrogens with two attached hydrogens (primary N) is 1. The second-order valence-electron chi connectivity index (χ2n) is 13.1. The molecule has 0 aliphatic heterocycles. The SMILES string of the molecule is CC(C)n1nc(-c2ccc(CC(=O)Cc3onc(C45CC(C)(C4)C5)c3F)cc2)c(C(N)=O)c1NC(=O)OC(C)(C)C. The number of hydrogen-bond donors (Lipinski definition) is 2. The molecule has 1 aromatic carbocycles. The van der Waals surface area contributed by atoms with Crippen molar-refractivity contribution in [1.29, 1.82) is 0 Å². The molecule has 3 aliphatic rings. The smallest absolute Gasteiger partial charge is 0.413 e. The lowest BCUT2D eigenvalue weighted by molar-refractivity contribution is -0.130. The predicted molar refractivity (Wildman–Crippen MR) is 149 cm³/mol. The van der Waals surface area contributed by atoms with Gasteiger partial charge in [-0.3, -0.25) is 14.9 Å². The van der Waals surface area contributed by atoms with Gasteiger partial charge in [-0.1, -0.05) is 36.3 Å². The Morgan fingerprint density at radius 3 is 2.32 bits per heavy atom. The number of Topliss-reactive ketones (excluding diaryl/α,β-unsaturated/α-hetero) is 1. The highest BCUT2D eigenvalue weighted by Crippen LogP contribution is 2.73. The summed E-state index contributed by atoms with van der Waals surface area (Å²) in [5, 5.41) is 11.2. The Morgan fingerprint density at radius 1 is 1.15 bits per heavy atom. The number of primary amides is 1. The van der Waals surface area contributed by atoms with Gasteiger partial charge < -0.3 is 15.0 Å². The van der Waals surface area contributed by atoms with Gasteiger partial charge in [0.25, 0.3) is 5.91 Å². The van der Waals surface area contributed by atoms with E-state index < -0.39 is 23.4 Å². The van der Waals surface area contributed by atoms with Crippen LogP contribution in [-0.4, -0.2) is 38.3 Å². The third kappa shape index (κ3) is 5.37. The van der Waals surface area contributed by atoms with Crippen molar-refractivity contribution in [2.45, 2.75) is 90.7 Å². The zero-order valence-electron chi connectivity index (χ0n) is 24.3. The molecule has 0 spiro atoms. The van der Waals surface area contributed by atoms with Crippen LogP contribution in [0.15, 0.2) is 28.8 Å². The topological polar surface area (TPSA) is 142 Å². The molecular weight excluding hydrogens is 529 g/mol. The first kappa shape index (κ1) is 28.5. The van der Waals surface area contributed by atoms with Crippen LogP contribution in [-0.2, 0) is 27.8 Å². The lowest BCUT2D eigenvalue weighted by Crippen LogP contribution is -2.63. The summed E-state index contributed by atoms with van der Waals surface area (Å²) in [6.07, 6.45) is 1.87. The van der Waals surface area contributed by atoms with Crippen molar-refractivity contribution >= 4 is 23.6 Å². The van der Waals surface area contributed by atoms with Crippen LogP contribution in [0.25, 0.3) is 11.3 Å². The van der Waals surface area contributed by atoms with E-state index in [4.69, 9.17) is 15.0 Å². The van der Waals surface area contributed by atoms with E-state index in [0.29, 0.717) is 22.2 Å². The monoisotopic (exact) mass is 565 g/mol. The van der Waals surface area contributed by atoms with Gasteiger partial charge in [0.15, 0.2) is 11.6 Å². The molecule has 6 rings (SSSR count). The molecule has 3 aliphatic carbocycles. The Balaban J connectivity index is 1.31. The lowest BCUT2D eigenvalue weighted by Gasteiger charge is -2.68. The zero-order chi connectivity index (χ0) is 29.9. The number of carbonyl (C=O) groups is 3. The number of amides is 2. The molecule has 3 saturated carbocycles. The summed E-state index contributed by atoms with van der Waals surface area (Å²) >= 11 is 0. The van der Waals surface area contributed by atoms with E-state index in [2.05, 4.69) is 22.5 Å². The number of ketones is 1. The molecule has 2 amide bonds. The van der Waals surface area contributed by atoms with Crippen LogP contribution in [0.2, 0.25) is 0 Å². The van der Waals surface area contributed by atoms with Gasteiger partial charge in [0.1, 0.15) is 34.2 Å². The number of ether oxygens (including phenoxy) is 1. The van der Waals surface area contributed by atoms with Crippen molar-refractivity contribution in [3.05, 3.63) is 52.7 Å². The molecule has 11 heteroatoms. The van der Waals surface area contributed by atoms with Gasteiger partial charge in [0.2, 0.25) is 0 Å². The molecule has 3 N–H and O–H groups in total. The summed E-state index contributed by atoms with van der Waals surface area (Å²) in [5.41, 5.74) is 7.03. The van der Waals surface area contributed by atoms with Crippen molar-refractivity contribution < 1.29 is 28.0 Å². The average Bonchev–Trinajstić information content (AvgIpc) is 3.36. The number of hydrogen-bond acceptors (Lipinski definition) is 7. The summed E-state index contributed by atoms with van der Waals surface area (Å²) in [6, 6.07) is 6.69. The van der Waals surface area contributed by atoms with Gasteiger partial charge in [-0.15, -0.1) is 0 Å². The molecule has 10 nitrogen and oxygen atoms in total. The summed E-state index contributed by atoms with van der Waals surface area (Å²) in [5.74, 6) is -1.36. The van der Waals surface area contributed by atoms with Gasteiger partial charge in [-0.05, 0) is 64.9 Å². The average molecular weight is 566 g/mol. The minimum atomic E-state index is -0.765. The molecule has 2 heterocycles. The van der Waals surface area contributed by atoms with Gasteiger partial charge in [0.05, 0.1) is 6.42 Å². The van der Waals surface area contributed by atoms with E-state index in [-0.39, 0.29) is 52.9 Å². The van der Waals surface area contributed by atoms with Crippen molar-refractivity contribution in [3.8, 4) is 11.3 Å². The third-order valence-electron chi connectivity index (χ3n) is 7.75. The highest BCUT2D eigenvalue weighted by Gasteiger charge is 2.68. The molecule has 218 valence electrons. The van der Waals surface area contributed by atoms with Gasteiger partial charge in [-0.25, -0.2) is 13.9 Å². The van der Waals surface area contributed by atoms with Crippen LogP contribution in [0.5, 0.6) is 0 Å². The summed E-state index contributed by atoms with van der Waals surface area (Å²) in [6.45, 7) is 11.1. The Bertz CT molecular complexity index is 1510. The molecule has 41 heavy (non-hydrogen) atoms. The molecule has 0 radical (unpaired) electrons. The van der Waals surface area contributed by atoms with E-state index in [1.807, 2.05) is 13.8 Å². The first-order valence-corrected chi connectivity index (χ1v) is 13.8. The highest BCUT2D eigenvalue weighted by atomic mass is 19.1. The molecule has 0 atom stereocenters. The standard InChI is InChI=1S/C30H36FN5O5/c1-16(2)36-26(33-27(39)40-28(3,4)5)21(25(32)38)23(34-36)18-9-7-17(8-10-18)11-19(37)12-20-22(31)24(35-41-20)30-13-29(6,14-30)15-30/h7-10,16H,11-15H2,1-6H3,(H2,32,38)(H,33,39). The van der Waals surface area contributed by atoms with E-state index in [9.17, 15) is 14.4 Å². The summed E-state index contributed by atoms with van der Waals surface area (Å²) in [7, 11) is 0. The number of nitrogens with one attached hydrogen (secondary N) is 1. The lowest BCUT2D eigenvalue weighted by atomic mass is 9.35. The number of halogens is 1. The molecule has 3 aromatic rings. The van der Waals surface area contributed by atoms with Crippen molar-refractivity contribution in [2.75, 3.05) is 5.32 Å². The van der Waals surface area contributed by atoms with E-state index >= 15 is 4.39 Å². The van der Waals surface area contributed by atoms with Crippen LogP contribution < -0.4 is 11.1 Å². The van der Waals surface area contributed by atoms with Crippen LogP contribution >= 0.6 is 0 Å². The maximum absolute atomic E-state index is 15.0. The van der Waals surface area contributed by atoms with Gasteiger partial charge in [-0.2, -0.15) is 5.10 Å².